The van der Waals surface area contributed by atoms with Gasteiger partial charge in [-0.25, -0.2) is 0 Å². The van der Waals surface area contributed by atoms with Crippen LogP contribution in [0.2, 0.25) is 5.02 Å². The Morgan fingerprint density at radius 1 is 1.00 bits per heavy atom. The number of aromatic hydroxyl groups is 1. The number of halogens is 1. The van der Waals surface area contributed by atoms with Gasteiger partial charge in [0.05, 0.1) is 24.2 Å². The molecule has 0 spiro atoms. The number of fused-ring (bicyclic) bond motifs is 1. The van der Waals surface area contributed by atoms with Crippen molar-refractivity contribution in [3.05, 3.63) is 94.5 Å². The molecule has 5 nitrogen and oxygen atoms in total. The van der Waals surface area contributed by atoms with Gasteiger partial charge in [0.25, 0.3) is 5.91 Å². The summed E-state index contributed by atoms with van der Waals surface area (Å²) in [4.78, 5) is 27.5. The first-order valence-corrected chi connectivity index (χ1v) is 9.47. The van der Waals surface area contributed by atoms with E-state index in [1.165, 1.54) is 23.1 Å². The molecule has 1 heterocycles. The Kier molecular flexibility index (Phi) is 4.86. The zero-order valence-corrected chi connectivity index (χ0v) is 16.1. The predicted octanol–water partition coefficient (Wildman–Crippen LogP) is 4.05. The number of carbonyl (C=O) groups is 2. The van der Waals surface area contributed by atoms with Crippen LogP contribution >= 0.6 is 11.6 Å². The van der Waals surface area contributed by atoms with Gasteiger partial charge < -0.3 is 15.1 Å². The van der Waals surface area contributed by atoms with Crippen LogP contribution in [-0.2, 0) is 16.9 Å². The van der Waals surface area contributed by atoms with E-state index in [1.807, 2.05) is 30.3 Å². The second-order valence-corrected chi connectivity index (χ2v) is 7.45. The Balaban J connectivity index is 1.73. The number of para-hydroxylation sites is 1. The highest BCUT2D eigenvalue weighted by atomic mass is 35.5. The zero-order chi connectivity index (χ0) is 20.6. The number of carbonyl (C=O) groups excluding carboxylic acids is 2. The molecule has 6 heteroatoms. The lowest BCUT2D eigenvalue weighted by Crippen LogP contribution is -2.41. The molecule has 0 fully saturated rings. The molecule has 1 unspecified atom stereocenters. The Bertz CT molecular complexity index is 1100. The van der Waals surface area contributed by atoms with Crippen LogP contribution in [0.15, 0.2) is 72.8 Å². The minimum atomic E-state index is -2.06. The van der Waals surface area contributed by atoms with Crippen LogP contribution < -0.4 is 4.90 Å². The zero-order valence-electron chi connectivity index (χ0n) is 15.4. The Hall–Kier alpha value is -3.15. The second kappa shape index (κ2) is 7.35. The molecule has 1 aliphatic heterocycles. The molecule has 1 aliphatic rings. The van der Waals surface area contributed by atoms with Crippen LogP contribution in [0.5, 0.6) is 5.75 Å². The molecular formula is C23H18ClNO4. The van der Waals surface area contributed by atoms with Gasteiger partial charge in [-0.05, 0) is 35.9 Å². The second-order valence-electron chi connectivity index (χ2n) is 7.02. The van der Waals surface area contributed by atoms with E-state index in [4.69, 9.17) is 11.6 Å². The van der Waals surface area contributed by atoms with Gasteiger partial charge in [0.15, 0.2) is 11.4 Å². The van der Waals surface area contributed by atoms with Crippen LogP contribution in [-0.4, -0.2) is 21.9 Å². The molecule has 0 radical (unpaired) electrons. The minimum Gasteiger partial charge on any atom is -0.507 e. The number of rotatable bonds is 5. The van der Waals surface area contributed by atoms with Gasteiger partial charge in [-0.3, -0.25) is 9.59 Å². The highest BCUT2D eigenvalue weighted by molar-refractivity contribution is 6.31. The number of ketones is 1. The van der Waals surface area contributed by atoms with Crippen molar-refractivity contribution < 1.29 is 19.8 Å². The van der Waals surface area contributed by atoms with Gasteiger partial charge >= 0.3 is 0 Å². The van der Waals surface area contributed by atoms with Crippen molar-refractivity contribution in [2.45, 2.75) is 18.6 Å². The van der Waals surface area contributed by atoms with Crippen LogP contribution in [0.3, 0.4) is 0 Å². The average Bonchev–Trinajstić information content (AvgIpc) is 2.90. The standard InChI is InChI=1S/C23H18ClNO4/c24-16-10-11-19-18(12-16)23(29,13-21(27)17-8-4-5-9-20(17)26)22(28)25(19)14-15-6-2-1-3-7-15/h1-12,26,29H,13-14H2. The third-order valence-corrected chi connectivity index (χ3v) is 5.33. The molecule has 1 amide bonds. The van der Waals surface area contributed by atoms with Gasteiger partial charge in [0.2, 0.25) is 0 Å². The molecule has 4 rings (SSSR count). The molecule has 3 aromatic rings. The number of nitrogens with zero attached hydrogens (tertiary/aromatic N) is 1. The third-order valence-electron chi connectivity index (χ3n) is 5.10. The van der Waals surface area contributed by atoms with Gasteiger partial charge in [0.1, 0.15) is 5.75 Å². The van der Waals surface area contributed by atoms with E-state index in [2.05, 4.69) is 0 Å². The summed E-state index contributed by atoms with van der Waals surface area (Å²) < 4.78 is 0. The van der Waals surface area contributed by atoms with Crippen LogP contribution in [0, 0.1) is 0 Å². The quantitative estimate of drug-likeness (QED) is 0.625. The fourth-order valence-corrected chi connectivity index (χ4v) is 3.83. The molecular weight excluding hydrogens is 390 g/mol. The summed E-state index contributed by atoms with van der Waals surface area (Å²) in [5, 5.41) is 21.7. The summed E-state index contributed by atoms with van der Waals surface area (Å²) in [6.45, 7) is 0.251. The smallest absolute Gasteiger partial charge is 0.264 e. The van der Waals surface area contributed by atoms with Crippen LogP contribution in [0.4, 0.5) is 5.69 Å². The topological polar surface area (TPSA) is 77.8 Å². The molecule has 0 saturated carbocycles. The van der Waals surface area contributed by atoms with E-state index in [1.54, 1.807) is 24.3 Å². The van der Waals surface area contributed by atoms with Gasteiger partial charge in [-0.15, -0.1) is 0 Å². The number of amides is 1. The number of benzene rings is 3. The molecule has 3 aromatic carbocycles. The maximum Gasteiger partial charge on any atom is 0.264 e. The van der Waals surface area contributed by atoms with E-state index in [0.29, 0.717) is 10.7 Å². The first kappa shape index (κ1) is 19.2. The van der Waals surface area contributed by atoms with Gasteiger partial charge in [-0.1, -0.05) is 54.1 Å². The summed E-state index contributed by atoms with van der Waals surface area (Å²) in [7, 11) is 0. The first-order chi connectivity index (χ1) is 13.9. The molecule has 146 valence electrons. The molecule has 29 heavy (non-hydrogen) atoms. The molecule has 2 N–H and O–H groups in total. The Morgan fingerprint density at radius 3 is 2.41 bits per heavy atom. The van der Waals surface area contributed by atoms with Crippen molar-refractivity contribution in [3.8, 4) is 5.75 Å². The number of hydrogen-bond donors (Lipinski definition) is 2. The van der Waals surface area contributed by atoms with Crippen molar-refractivity contribution in [2.75, 3.05) is 4.90 Å². The van der Waals surface area contributed by atoms with Gasteiger partial charge in [0, 0.05) is 10.6 Å². The molecule has 0 aromatic heterocycles. The highest BCUT2D eigenvalue weighted by Gasteiger charge is 2.51. The maximum atomic E-state index is 13.3. The average molecular weight is 408 g/mol. The summed E-state index contributed by atoms with van der Waals surface area (Å²) in [5.41, 5.74) is -0.323. The monoisotopic (exact) mass is 407 g/mol. The fraction of sp³-hybridized carbons (Fsp3) is 0.130. The Morgan fingerprint density at radius 2 is 1.69 bits per heavy atom. The van der Waals surface area contributed by atoms with E-state index in [9.17, 15) is 19.8 Å². The third kappa shape index (κ3) is 3.39. The van der Waals surface area contributed by atoms with Crippen molar-refractivity contribution >= 4 is 29.0 Å². The highest BCUT2D eigenvalue weighted by Crippen LogP contribution is 2.45. The maximum absolute atomic E-state index is 13.3. The number of phenols is 1. The van der Waals surface area contributed by atoms with E-state index >= 15 is 0 Å². The normalized spacial score (nSPS) is 18.0. The molecule has 0 bridgehead atoms. The van der Waals surface area contributed by atoms with Crippen molar-refractivity contribution in [1.29, 1.82) is 0 Å². The summed E-state index contributed by atoms with van der Waals surface area (Å²) in [6, 6.07) is 20.3. The number of phenolic OH excluding ortho intramolecular Hbond substituents is 1. The predicted molar refractivity (Wildman–Crippen MR) is 110 cm³/mol. The van der Waals surface area contributed by atoms with E-state index < -0.39 is 23.7 Å². The number of aliphatic hydroxyl groups is 1. The molecule has 0 saturated heterocycles. The molecule has 0 aliphatic carbocycles. The van der Waals surface area contributed by atoms with E-state index in [0.717, 1.165) is 5.56 Å². The summed E-state index contributed by atoms with van der Waals surface area (Å²) in [6.07, 6.45) is -0.498. The SMILES string of the molecule is O=C(CC1(O)C(=O)N(Cc2ccccc2)c2ccc(Cl)cc21)c1ccccc1O. The van der Waals surface area contributed by atoms with Crippen LogP contribution in [0.1, 0.15) is 27.9 Å². The Labute approximate surface area is 172 Å². The van der Waals surface area contributed by atoms with Crippen molar-refractivity contribution in [1.82, 2.24) is 0 Å². The summed E-state index contributed by atoms with van der Waals surface area (Å²) in [5.74, 6) is -1.33. The number of hydrogen-bond acceptors (Lipinski definition) is 4. The van der Waals surface area contributed by atoms with Crippen molar-refractivity contribution in [2.24, 2.45) is 0 Å². The first-order valence-electron chi connectivity index (χ1n) is 9.09. The fourth-order valence-electron chi connectivity index (χ4n) is 3.65. The lowest BCUT2D eigenvalue weighted by Gasteiger charge is -2.23. The van der Waals surface area contributed by atoms with Gasteiger partial charge in [-0.2, -0.15) is 0 Å². The lowest BCUT2D eigenvalue weighted by atomic mass is 9.88. The summed E-state index contributed by atoms with van der Waals surface area (Å²) >= 11 is 6.12. The van der Waals surface area contributed by atoms with Crippen molar-refractivity contribution in [3.63, 3.8) is 0 Å². The number of Topliss-reactive ketones (excluding diaryl/α,β-unsaturated/α-hetero) is 1. The minimum absolute atomic E-state index is 0.0545. The number of anilines is 1. The molecule has 1 atom stereocenters. The largest absolute Gasteiger partial charge is 0.507 e. The van der Waals surface area contributed by atoms with E-state index in [-0.39, 0.29) is 23.4 Å². The van der Waals surface area contributed by atoms with Crippen LogP contribution in [0.25, 0.3) is 0 Å². The lowest BCUT2D eigenvalue weighted by molar-refractivity contribution is -0.136.